The zero-order chi connectivity index (χ0) is 20.5. The Bertz CT molecular complexity index is 870. The molecule has 2 heterocycles. The molecule has 3 atom stereocenters. The molecular weight excluding hydrogens is 378 g/mol. The van der Waals surface area contributed by atoms with Gasteiger partial charge in [-0.25, -0.2) is 8.42 Å². The van der Waals surface area contributed by atoms with Crippen LogP contribution in [0.1, 0.15) is 57.9 Å². The summed E-state index contributed by atoms with van der Waals surface area (Å²) in [6.07, 6.45) is 2.49. The molecule has 1 spiro atoms. The van der Waals surface area contributed by atoms with Crippen molar-refractivity contribution in [1.29, 1.82) is 0 Å². The maximum absolute atomic E-state index is 13.0. The first-order valence-corrected chi connectivity index (χ1v) is 11.4. The Hall–Kier alpha value is -1.93. The number of amides is 2. The molecule has 2 N–H and O–H groups in total. The van der Waals surface area contributed by atoms with Crippen LogP contribution in [0, 0.1) is 0 Å². The number of carbonyl (C=O) groups is 2. The van der Waals surface area contributed by atoms with E-state index >= 15 is 0 Å². The Morgan fingerprint density at radius 2 is 2.18 bits per heavy atom. The second kappa shape index (κ2) is 7.83. The van der Waals surface area contributed by atoms with Crippen molar-refractivity contribution in [2.24, 2.45) is 0 Å². The number of hydrogen-bond donors (Lipinski definition) is 2. The van der Waals surface area contributed by atoms with Crippen molar-refractivity contribution in [3.8, 4) is 0 Å². The van der Waals surface area contributed by atoms with E-state index in [2.05, 4.69) is 10.6 Å². The van der Waals surface area contributed by atoms with Gasteiger partial charge in [0, 0.05) is 38.0 Å². The molecule has 0 radical (unpaired) electrons. The van der Waals surface area contributed by atoms with Crippen molar-refractivity contribution in [1.82, 2.24) is 9.62 Å². The predicted molar refractivity (Wildman–Crippen MR) is 108 cm³/mol. The van der Waals surface area contributed by atoms with Gasteiger partial charge in [-0.1, -0.05) is 19.1 Å². The summed E-state index contributed by atoms with van der Waals surface area (Å²) < 4.78 is 27.6. The Labute approximate surface area is 166 Å². The first kappa shape index (κ1) is 20.8. The summed E-state index contributed by atoms with van der Waals surface area (Å²) in [6, 6.07) is 7.48. The second-order valence-corrected chi connectivity index (χ2v) is 10.3. The molecule has 2 amide bonds. The van der Waals surface area contributed by atoms with Gasteiger partial charge < -0.3 is 10.6 Å². The fourth-order valence-electron chi connectivity index (χ4n) is 4.33. The maximum Gasteiger partial charge on any atom is 0.221 e. The van der Waals surface area contributed by atoms with Gasteiger partial charge >= 0.3 is 0 Å². The normalized spacial score (nSPS) is 26.8. The lowest BCUT2D eigenvalue weighted by atomic mass is 9.76. The highest BCUT2D eigenvalue weighted by atomic mass is 32.2. The standard InChI is InChI=1S/C20H29N3O4S/c1-4-14(2)28(26,27)23-12-18(20(13-23)10-6-9-19(25)22-20)16-7-5-8-17(11-16)21-15(3)24/h5,7-8,11,14,18H,4,6,9-10,12-13H2,1-3H3,(H,21,24)(H,22,25)/t14?,18-,20+/m0/s1. The average Bonchev–Trinajstić information content (AvgIpc) is 2.99. The number of sulfonamides is 1. The molecule has 2 aliphatic heterocycles. The largest absolute Gasteiger partial charge is 0.349 e. The number of nitrogens with one attached hydrogen (secondary N) is 2. The van der Waals surface area contributed by atoms with Crippen LogP contribution < -0.4 is 10.6 Å². The first-order valence-electron chi connectivity index (χ1n) is 9.85. The minimum Gasteiger partial charge on any atom is -0.349 e. The maximum atomic E-state index is 13.0. The van der Waals surface area contributed by atoms with Gasteiger partial charge in [0.05, 0.1) is 10.8 Å². The molecule has 2 fully saturated rings. The SMILES string of the molecule is CCC(C)S(=O)(=O)N1C[C@@H](c2cccc(NC(C)=O)c2)[C@@]2(CCCC(=O)N2)C1. The highest BCUT2D eigenvalue weighted by molar-refractivity contribution is 7.89. The molecule has 0 bridgehead atoms. The van der Waals surface area contributed by atoms with Gasteiger partial charge in [0.2, 0.25) is 21.8 Å². The Morgan fingerprint density at radius 3 is 2.82 bits per heavy atom. The van der Waals surface area contributed by atoms with Crippen LogP contribution in [0.2, 0.25) is 0 Å². The van der Waals surface area contributed by atoms with Crippen LogP contribution in [0.4, 0.5) is 5.69 Å². The topological polar surface area (TPSA) is 95.6 Å². The summed E-state index contributed by atoms with van der Waals surface area (Å²) in [6.45, 7) is 5.67. The van der Waals surface area contributed by atoms with E-state index in [9.17, 15) is 18.0 Å². The van der Waals surface area contributed by atoms with Crippen LogP contribution in [0.3, 0.4) is 0 Å². The van der Waals surface area contributed by atoms with Gasteiger partial charge in [-0.15, -0.1) is 0 Å². The van der Waals surface area contributed by atoms with Crippen LogP contribution in [0.25, 0.3) is 0 Å². The lowest BCUT2D eigenvalue weighted by molar-refractivity contribution is -0.125. The van der Waals surface area contributed by atoms with E-state index in [4.69, 9.17) is 0 Å². The average molecular weight is 408 g/mol. The van der Waals surface area contributed by atoms with Gasteiger partial charge in [-0.2, -0.15) is 4.31 Å². The second-order valence-electron chi connectivity index (χ2n) is 7.97. The highest BCUT2D eigenvalue weighted by Gasteiger charge is 2.52. The minimum atomic E-state index is -3.44. The van der Waals surface area contributed by atoms with Gasteiger partial charge in [0.15, 0.2) is 0 Å². The molecule has 2 aliphatic rings. The van der Waals surface area contributed by atoms with Gasteiger partial charge in [0.1, 0.15) is 0 Å². The fraction of sp³-hybridized carbons (Fsp3) is 0.600. The van der Waals surface area contributed by atoms with E-state index in [0.717, 1.165) is 18.4 Å². The fourth-order valence-corrected chi connectivity index (χ4v) is 6.03. The van der Waals surface area contributed by atoms with E-state index in [0.29, 0.717) is 31.6 Å². The lowest BCUT2D eigenvalue weighted by Gasteiger charge is -2.39. The predicted octanol–water partition coefficient (Wildman–Crippen LogP) is 2.21. The third-order valence-electron chi connectivity index (χ3n) is 5.98. The summed E-state index contributed by atoms with van der Waals surface area (Å²) in [5.74, 6) is -0.355. The zero-order valence-electron chi connectivity index (χ0n) is 16.7. The molecule has 2 saturated heterocycles. The summed E-state index contributed by atoms with van der Waals surface area (Å²) in [7, 11) is -3.44. The number of nitrogens with zero attached hydrogens (tertiary/aromatic N) is 1. The molecule has 0 aromatic heterocycles. The van der Waals surface area contributed by atoms with Crippen molar-refractivity contribution in [3.63, 3.8) is 0 Å². The van der Waals surface area contributed by atoms with Crippen molar-refractivity contribution in [2.45, 2.75) is 63.2 Å². The third kappa shape index (κ3) is 3.93. The molecule has 3 rings (SSSR count). The van der Waals surface area contributed by atoms with Crippen LogP contribution >= 0.6 is 0 Å². The molecule has 0 saturated carbocycles. The molecule has 0 aliphatic carbocycles. The third-order valence-corrected chi connectivity index (χ3v) is 8.33. The van der Waals surface area contributed by atoms with Gasteiger partial charge in [-0.3, -0.25) is 9.59 Å². The van der Waals surface area contributed by atoms with Crippen molar-refractivity contribution in [3.05, 3.63) is 29.8 Å². The quantitative estimate of drug-likeness (QED) is 0.782. The summed E-state index contributed by atoms with van der Waals surface area (Å²) in [5.41, 5.74) is 0.992. The zero-order valence-corrected chi connectivity index (χ0v) is 17.5. The molecule has 154 valence electrons. The van der Waals surface area contributed by atoms with Crippen LogP contribution in [-0.2, 0) is 19.6 Å². The molecular formula is C20H29N3O4S. The van der Waals surface area contributed by atoms with Crippen LogP contribution in [0.15, 0.2) is 24.3 Å². The van der Waals surface area contributed by atoms with E-state index in [1.165, 1.54) is 6.92 Å². The Kier molecular flexibility index (Phi) is 5.82. The monoisotopic (exact) mass is 407 g/mol. The number of carbonyl (C=O) groups excluding carboxylic acids is 2. The number of benzene rings is 1. The Morgan fingerprint density at radius 1 is 1.43 bits per heavy atom. The van der Waals surface area contributed by atoms with Crippen LogP contribution in [0.5, 0.6) is 0 Å². The number of piperidine rings is 1. The van der Waals surface area contributed by atoms with Crippen molar-refractivity contribution >= 4 is 27.5 Å². The summed E-state index contributed by atoms with van der Waals surface area (Å²) in [5, 5.41) is 5.44. The first-order chi connectivity index (χ1) is 13.2. The number of rotatable bonds is 5. The minimum absolute atomic E-state index is 0.0305. The lowest BCUT2D eigenvalue weighted by Crippen LogP contribution is -2.56. The van der Waals surface area contributed by atoms with E-state index < -0.39 is 20.8 Å². The van der Waals surface area contributed by atoms with Crippen molar-refractivity contribution in [2.75, 3.05) is 18.4 Å². The van der Waals surface area contributed by atoms with Crippen LogP contribution in [-0.4, -0.2) is 48.4 Å². The molecule has 1 aromatic rings. The molecule has 28 heavy (non-hydrogen) atoms. The van der Waals surface area contributed by atoms with E-state index in [-0.39, 0.29) is 17.7 Å². The highest BCUT2D eigenvalue weighted by Crippen LogP contribution is 2.43. The molecule has 8 heteroatoms. The number of hydrogen-bond acceptors (Lipinski definition) is 4. The summed E-state index contributed by atoms with van der Waals surface area (Å²) >= 11 is 0. The summed E-state index contributed by atoms with van der Waals surface area (Å²) in [4.78, 5) is 23.6. The van der Waals surface area contributed by atoms with E-state index in [1.807, 2.05) is 25.1 Å². The molecule has 1 aromatic carbocycles. The number of anilines is 1. The smallest absolute Gasteiger partial charge is 0.221 e. The molecule has 7 nitrogen and oxygen atoms in total. The van der Waals surface area contributed by atoms with Crippen molar-refractivity contribution < 1.29 is 18.0 Å². The van der Waals surface area contributed by atoms with Gasteiger partial charge in [-0.05, 0) is 43.9 Å². The van der Waals surface area contributed by atoms with Gasteiger partial charge in [0.25, 0.3) is 0 Å². The molecule has 1 unspecified atom stereocenters. The van der Waals surface area contributed by atoms with E-state index in [1.54, 1.807) is 17.3 Å². The Balaban J connectivity index is 1.99.